The second-order valence-corrected chi connectivity index (χ2v) is 7.21. The molecule has 1 amide bonds. The molecule has 2 fully saturated rings. The van der Waals surface area contributed by atoms with E-state index in [0.717, 1.165) is 24.0 Å². The topological polar surface area (TPSA) is 97.5 Å². The highest BCUT2D eigenvalue weighted by molar-refractivity contribution is 5.95. The minimum Gasteiger partial charge on any atom is -0.444 e. The van der Waals surface area contributed by atoms with Gasteiger partial charge in [-0.3, -0.25) is 0 Å². The van der Waals surface area contributed by atoms with Crippen LogP contribution in [0.3, 0.4) is 0 Å². The number of hydrogen-bond acceptors (Lipinski definition) is 5. The second kappa shape index (κ2) is 9.01. The molecule has 0 aliphatic carbocycles. The number of nitro groups is 1. The van der Waals surface area contributed by atoms with Gasteiger partial charge in [0.25, 0.3) is 5.96 Å². The van der Waals surface area contributed by atoms with Crippen molar-refractivity contribution in [1.82, 2.24) is 9.80 Å². The summed E-state index contributed by atoms with van der Waals surface area (Å²) in [6.07, 6.45) is 1.34. The maximum absolute atomic E-state index is 12.5. The normalized spacial score (nSPS) is 23.4. The first-order valence-corrected chi connectivity index (χ1v) is 9.58. The van der Waals surface area contributed by atoms with Gasteiger partial charge in [0.1, 0.15) is 11.7 Å². The van der Waals surface area contributed by atoms with Gasteiger partial charge in [-0.1, -0.05) is 31.2 Å². The van der Waals surface area contributed by atoms with Gasteiger partial charge in [-0.15, -0.1) is 0 Å². The lowest BCUT2D eigenvalue weighted by Crippen LogP contribution is -2.40. The fourth-order valence-corrected chi connectivity index (χ4v) is 3.63. The minimum absolute atomic E-state index is 0.0388. The summed E-state index contributed by atoms with van der Waals surface area (Å²) in [4.78, 5) is 26.6. The highest BCUT2D eigenvalue weighted by Crippen LogP contribution is 2.22. The van der Waals surface area contributed by atoms with Crippen LogP contribution in [0.1, 0.15) is 31.4 Å². The molecule has 2 heterocycles. The standard InChI is InChI=1S/C19H26N4O5/c1-3-15-5-4-6-16(10-15)12-28-19(24)22-8-7-21(18(22)20-23(25)26)11-17-9-14(2)27-13-17/h4-6,10,14,17H,3,7-9,11-13H2,1-2H3. The molecule has 2 saturated heterocycles. The van der Waals surface area contributed by atoms with Gasteiger partial charge in [0.15, 0.2) is 5.03 Å². The zero-order chi connectivity index (χ0) is 20.1. The van der Waals surface area contributed by atoms with Gasteiger partial charge in [-0.05, 0) is 30.9 Å². The van der Waals surface area contributed by atoms with Gasteiger partial charge >= 0.3 is 6.09 Å². The molecule has 0 saturated carbocycles. The molecule has 2 aliphatic heterocycles. The van der Waals surface area contributed by atoms with Crippen LogP contribution in [0.4, 0.5) is 4.79 Å². The molecule has 0 bridgehead atoms. The molecule has 152 valence electrons. The molecular weight excluding hydrogens is 364 g/mol. The van der Waals surface area contributed by atoms with Crippen molar-refractivity contribution >= 4 is 12.1 Å². The number of rotatable bonds is 6. The van der Waals surface area contributed by atoms with E-state index in [2.05, 4.69) is 12.0 Å². The summed E-state index contributed by atoms with van der Waals surface area (Å²) in [7, 11) is 0. The summed E-state index contributed by atoms with van der Waals surface area (Å²) >= 11 is 0. The highest BCUT2D eigenvalue weighted by atomic mass is 16.7. The first-order valence-electron chi connectivity index (χ1n) is 9.58. The van der Waals surface area contributed by atoms with Crippen LogP contribution in [0.15, 0.2) is 29.4 Å². The molecule has 1 aromatic carbocycles. The summed E-state index contributed by atoms with van der Waals surface area (Å²) in [5.41, 5.74) is 2.04. The lowest BCUT2D eigenvalue weighted by Gasteiger charge is -2.21. The predicted molar refractivity (Wildman–Crippen MR) is 102 cm³/mol. The number of guanidine groups is 1. The monoisotopic (exact) mass is 390 g/mol. The number of aryl methyl sites for hydroxylation is 1. The lowest BCUT2D eigenvalue weighted by atomic mass is 10.1. The quantitative estimate of drug-likeness (QED) is 0.547. The average molecular weight is 390 g/mol. The van der Waals surface area contributed by atoms with Crippen LogP contribution in [-0.4, -0.2) is 59.2 Å². The first-order chi connectivity index (χ1) is 13.5. The van der Waals surface area contributed by atoms with Gasteiger partial charge in [0, 0.05) is 19.0 Å². The molecule has 9 nitrogen and oxygen atoms in total. The third kappa shape index (κ3) is 4.98. The van der Waals surface area contributed by atoms with Crippen molar-refractivity contribution in [1.29, 1.82) is 0 Å². The molecule has 3 rings (SSSR count). The van der Waals surface area contributed by atoms with Crippen LogP contribution >= 0.6 is 0 Å². The maximum atomic E-state index is 12.5. The van der Waals surface area contributed by atoms with Crippen molar-refractivity contribution in [3.05, 3.63) is 45.5 Å². The second-order valence-electron chi connectivity index (χ2n) is 7.21. The number of benzene rings is 1. The number of nitrogens with zero attached hydrogens (tertiary/aromatic N) is 4. The third-order valence-electron chi connectivity index (χ3n) is 5.03. The SMILES string of the molecule is CCc1cccc(COC(=O)N2CCN(CC3COC(C)C3)C2=N[N+](=O)[O-])c1. The largest absolute Gasteiger partial charge is 0.444 e. The van der Waals surface area contributed by atoms with E-state index in [9.17, 15) is 14.9 Å². The summed E-state index contributed by atoms with van der Waals surface area (Å²) in [5.74, 6) is 0.302. The van der Waals surface area contributed by atoms with E-state index in [0.29, 0.717) is 26.2 Å². The Hall–Kier alpha value is -2.68. The summed E-state index contributed by atoms with van der Waals surface area (Å²) < 4.78 is 11.0. The number of ether oxygens (including phenoxy) is 2. The maximum Gasteiger partial charge on any atom is 0.417 e. The van der Waals surface area contributed by atoms with Crippen LogP contribution in [-0.2, 0) is 22.5 Å². The molecule has 0 spiro atoms. The van der Waals surface area contributed by atoms with Crippen LogP contribution in [0.5, 0.6) is 0 Å². The smallest absolute Gasteiger partial charge is 0.417 e. The molecule has 2 aliphatic rings. The number of carbonyl (C=O) groups excluding carboxylic acids is 1. The Morgan fingerprint density at radius 3 is 2.86 bits per heavy atom. The van der Waals surface area contributed by atoms with E-state index in [1.165, 1.54) is 4.90 Å². The number of hydrogen-bond donors (Lipinski definition) is 0. The van der Waals surface area contributed by atoms with E-state index in [1.54, 1.807) is 4.90 Å². The van der Waals surface area contributed by atoms with Crippen molar-refractivity contribution < 1.29 is 19.3 Å². The van der Waals surface area contributed by atoms with Gasteiger partial charge in [-0.25, -0.2) is 19.8 Å². The first kappa shape index (κ1) is 20.1. The zero-order valence-corrected chi connectivity index (χ0v) is 16.2. The van der Waals surface area contributed by atoms with Crippen molar-refractivity contribution in [3.63, 3.8) is 0 Å². The Morgan fingerprint density at radius 1 is 1.39 bits per heavy atom. The van der Waals surface area contributed by atoms with E-state index in [1.807, 2.05) is 31.2 Å². The number of carbonyl (C=O) groups is 1. The zero-order valence-electron chi connectivity index (χ0n) is 16.2. The van der Waals surface area contributed by atoms with E-state index < -0.39 is 11.1 Å². The van der Waals surface area contributed by atoms with Crippen LogP contribution in [0.2, 0.25) is 0 Å². The fraction of sp³-hybridized carbons (Fsp3) is 0.579. The molecule has 0 aromatic heterocycles. The summed E-state index contributed by atoms with van der Waals surface area (Å²) in [5, 5.41) is 13.7. The van der Waals surface area contributed by atoms with Crippen LogP contribution in [0, 0.1) is 16.0 Å². The van der Waals surface area contributed by atoms with Gasteiger partial charge in [-0.2, -0.15) is 0 Å². The van der Waals surface area contributed by atoms with E-state index in [4.69, 9.17) is 9.47 Å². The predicted octanol–water partition coefficient (Wildman–Crippen LogP) is 2.48. The average Bonchev–Trinajstić information content (AvgIpc) is 3.26. The Kier molecular flexibility index (Phi) is 6.45. The molecule has 9 heteroatoms. The Labute approximate surface area is 164 Å². The molecule has 28 heavy (non-hydrogen) atoms. The van der Waals surface area contributed by atoms with Gasteiger partial charge < -0.3 is 14.4 Å². The van der Waals surface area contributed by atoms with Crippen molar-refractivity contribution in [3.8, 4) is 0 Å². The van der Waals surface area contributed by atoms with Crippen molar-refractivity contribution in [2.75, 3.05) is 26.2 Å². The molecule has 2 atom stereocenters. The molecule has 1 aromatic rings. The fourth-order valence-electron chi connectivity index (χ4n) is 3.63. The Morgan fingerprint density at radius 2 is 2.18 bits per heavy atom. The molecule has 0 radical (unpaired) electrons. The third-order valence-corrected chi connectivity index (χ3v) is 5.03. The van der Waals surface area contributed by atoms with Crippen molar-refractivity contribution in [2.24, 2.45) is 11.0 Å². The minimum atomic E-state index is -0.771. The van der Waals surface area contributed by atoms with Crippen LogP contribution < -0.4 is 0 Å². The number of amides is 1. The van der Waals surface area contributed by atoms with Crippen LogP contribution in [0.25, 0.3) is 0 Å². The lowest BCUT2D eigenvalue weighted by molar-refractivity contribution is -0.486. The van der Waals surface area contributed by atoms with E-state index in [-0.39, 0.29) is 24.6 Å². The highest BCUT2D eigenvalue weighted by Gasteiger charge is 2.37. The van der Waals surface area contributed by atoms with Crippen molar-refractivity contribution in [2.45, 2.75) is 39.4 Å². The Bertz CT molecular complexity index is 754. The van der Waals surface area contributed by atoms with E-state index >= 15 is 0 Å². The van der Waals surface area contributed by atoms with Gasteiger partial charge in [0.05, 0.1) is 19.3 Å². The Balaban J connectivity index is 1.63. The van der Waals surface area contributed by atoms with Gasteiger partial charge in [0.2, 0.25) is 0 Å². The number of hydrazone groups is 1. The molecule has 2 unspecified atom stereocenters. The molecular formula is C19H26N4O5. The summed E-state index contributed by atoms with van der Waals surface area (Å²) in [6.45, 7) is 6.15. The molecule has 0 N–H and O–H groups in total. The summed E-state index contributed by atoms with van der Waals surface area (Å²) in [6, 6.07) is 7.80.